The molecule has 0 aliphatic carbocycles. The molecule has 2 N–H and O–H groups in total. The zero-order valence-corrected chi connectivity index (χ0v) is 10.2. The van der Waals surface area contributed by atoms with E-state index in [-0.39, 0.29) is 11.3 Å². The molecule has 0 heterocycles. The molecule has 1 atom stereocenters. The molecular formula is C13H17FO3. The summed E-state index contributed by atoms with van der Waals surface area (Å²) >= 11 is 0. The Bertz CT molecular complexity index is 425. The highest BCUT2D eigenvalue weighted by Gasteiger charge is 2.27. The molecule has 0 radical (unpaired) electrons. The van der Waals surface area contributed by atoms with Crippen LogP contribution in [0.25, 0.3) is 0 Å². The van der Waals surface area contributed by atoms with Gasteiger partial charge >= 0.3 is 5.97 Å². The number of carboxylic acid groups (broad SMARTS) is 1. The van der Waals surface area contributed by atoms with Crippen molar-refractivity contribution in [2.45, 2.75) is 33.4 Å². The van der Waals surface area contributed by atoms with Crippen molar-refractivity contribution in [1.82, 2.24) is 0 Å². The summed E-state index contributed by atoms with van der Waals surface area (Å²) in [5, 5.41) is 18.5. The number of benzene rings is 1. The Balaban J connectivity index is 3.01. The highest BCUT2D eigenvalue weighted by molar-refractivity contribution is 5.74. The lowest BCUT2D eigenvalue weighted by atomic mass is 9.85. The third kappa shape index (κ3) is 3.19. The quantitative estimate of drug-likeness (QED) is 0.850. The summed E-state index contributed by atoms with van der Waals surface area (Å²) in [4.78, 5) is 11.0. The molecule has 1 aromatic carbocycles. The van der Waals surface area contributed by atoms with Crippen molar-refractivity contribution >= 4 is 5.97 Å². The van der Waals surface area contributed by atoms with Crippen LogP contribution in [-0.4, -0.2) is 16.2 Å². The van der Waals surface area contributed by atoms with Gasteiger partial charge in [0, 0.05) is 5.56 Å². The number of aliphatic carboxylic acids is 1. The van der Waals surface area contributed by atoms with Crippen molar-refractivity contribution in [3.63, 3.8) is 0 Å². The highest BCUT2D eigenvalue weighted by atomic mass is 19.1. The first-order valence-electron chi connectivity index (χ1n) is 5.43. The van der Waals surface area contributed by atoms with Gasteiger partial charge < -0.3 is 10.2 Å². The Hall–Kier alpha value is -1.58. The van der Waals surface area contributed by atoms with Crippen molar-refractivity contribution in [2.75, 3.05) is 0 Å². The Morgan fingerprint density at radius 3 is 2.53 bits per heavy atom. The molecule has 1 unspecified atom stereocenters. The van der Waals surface area contributed by atoms with Crippen LogP contribution in [0, 0.1) is 5.41 Å². The molecule has 94 valence electrons. The lowest BCUT2D eigenvalue weighted by Gasteiger charge is -2.19. The molecule has 0 spiro atoms. The number of hydrogen-bond acceptors (Lipinski definition) is 2. The molecule has 17 heavy (non-hydrogen) atoms. The van der Waals surface area contributed by atoms with Crippen LogP contribution in [0.5, 0.6) is 5.75 Å². The largest absolute Gasteiger partial charge is 0.508 e. The summed E-state index contributed by atoms with van der Waals surface area (Å²) in [5.74, 6) is -1.00. The zero-order valence-electron chi connectivity index (χ0n) is 10.2. The number of phenolic OH excluding ortho intramolecular Hbond substituents is 1. The molecule has 0 fully saturated rings. The highest BCUT2D eigenvalue weighted by Crippen LogP contribution is 2.30. The topological polar surface area (TPSA) is 57.5 Å². The second kappa shape index (κ2) is 4.73. The molecule has 0 aliphatic heterocycles. The molecular weight excluding hydrogens is 223 g/mol. The van der Waals surface area contributed by atoms with E-state index in [0.29, 0.717) is 12.0 Å². The number of aromatic hydroxyl groups is 1. The smallest absolute Gasteiger partial charge is 0.309 e. The predicted octanol–water partition coefficient (Wildman–Crippen LogP) is 3.08. The van der Waals surface area contributed by atoms with Crippen molar-refractivity contribution in [3.05, 3.63) is 29.3 Å². The fraction of sp³-hybridized carbons (Fsp3) is 0.462. The van der Waals surface area contributed by atoms with Crippen molar-refractivity contribution in [1.29, 1.82) is 0 Å². The number of halogens is 1. The first kappa shape index (κ1) is 13.5. The summed E-state index contributed by atoms with van der Waals surface area (Å²) in [6.45, 7) is 4.56. The van der Waals surface area contributed by atoms with Crippen LogP contribution in [0.3, 0.4) is 0 Å². The maximum Gasteiger partial charge on any atom is 0.309 e. The van der Waals surface area contributed by atoms with E-state index in [1.807, 2.05) is 0 Å². The van der Waals surface area contributed by atoms with Crippen LogP contribution >= 0.6 is 0 Å². The minimum absolute atomic E-state index is 0.100. The second-order valence-corrected chi connectivity index (χ2v) is 4.87. The van der Waals surface area contributed by atoms with Crippen LogP contribution in [0.2, 0.25) is 0 Å². The van der Waals surface area contributed by atoms with E-state index in [9.17, 15) is 14.3 Å². The van der Waals surface area contributed by atoms with Crippen LogP contribution in [0.1, 0.15) is 38.1 Å². The average molecular weight is 240 g/mol. The van der Waals surface area contributed by atoms with E-state index in [1.54, 1.807) is 19.9 Å². The molecule has 0 bridgehead atoms. The molecule has 1 rings (SSSR count). The average Bonchev–Trinajstić information content (AvgIpc) is 2.20. The van der Waals surface area contributed by atoms with E-state index >= 15 is 0 Å². The molecule has 1 aromatic rings. The van der Waals surface area contributed by atoms with E-state index in [4.69, 9.17) is 5.11 Å². The first-order chi connectivity index (χ1) is 7.74. The molecule has 3 nitrogen and oxygen atoms in total. The first-order valence-corrected chi connectivity index (χ1v) is 5.43. The van der Waals surface area contributed by atoms with Gasteiger partial charge in [0.2, 0.25) is 0 Å². The van der Waals surface area contributed by atoms with Gasteiger partial charge in [0.1, 0.15) is 11.9 Å². The summed E-state index contributed by atoms with van der Waals surface area (Å²) in [5.41, 5.74) is -0.00765. The van der Waals surface area contributed by atoms with Gasteiger partial charge in [0.05, 0.1) is 5.41 Å². The Labute approximate surface area is 99.9 Å². The molecule has 0 aromatic heterocycles. The SMILES string of the molecule is CC(F)c1cc(CC(C)(C)C(=O)O)ccc1O. The van der Waals surface area contributed by atoms with Crippen molar-refractivity contribution in [3.8, 4) is 5.75 Å². The summed E-state index contributed by atoms with van der Waals surface area (Å²) in [6.07, 6.45) is -0.981. The van der Waals surface area contributed by atoms with E-state index in [0.717, 1.165) is 0 Å². The molecule has 0 aliphatic rings. The van der Waals surface area contributed by atoms with Gasteiger partial charge in [-0.3, -0.25) is 4.79 Å². The van der Waals surface area contributed by atoms with Crippen molar-refractivity contribution in [2.24, 2.45) is 5.41 Å². The fourth-order valence-corrected chi connectivity index (χ4v) is 1.62. The monoisotopic (exact) mass is 240 g/mol. The van der Waals surface area contributed by atoms with Gasteiger partial charge in [-0.1, -0.05) is 6.07 Å². The molecule has 4 heteroatoms. The minimum Gasteiger partial charge on any atom is -0.508 e. The maximum absolute atomic E-state index is 13.2. The minimum atomic E-state index is -1.28. The summed E-state index contributed by atoms with van der Waals surface area (Å²) in [7, 11) is 0. The van der Waals surface area contributed by atoms with Gasteiger partial charge in [-0.15, -0.1) is 0 Å². The Morgan fingerprint density at radius 2 is 2.06 bits per heavy atom. The fourth-order valence-electron chi connectivity index (χ4n) is 1.62. The predicted molar refractivity (Wildman–Crippen MR) is 62.8 cm³/mol. The number of carboxylic acids is 1. The molecule has 0 saturated heterocycles. The van der Waals surface area contributed by atoms with Gasteiger partial charge in [0.25, 0.3) is 0 Å². The van der Waals surface area contributed by atoms with Gasteiger partial charge in [-0.05, 0) is 44.9 Å². The van der Waals surface area contributed by atoms with Crippen LogP contribution in [0.4, 0.5) is 4.39 Å². The summed E-state index contributed by atoms with van der Waals surface area (Å²) < 4.78 is 13.2. The number of rotatable bonds is 4. The normalized spacial score (nSPS) is 13.4. The van der Waals surface area contributed by atoms with Crippen LogP contribution in [0.15, 0.2) is 18.2 Å². The number of alkyl halides is 1. The van der Waals surface area contributed by atoms with E-state index in [1.165, 1.54) is 19.1 Å². The lowest BCUT2D eigenvalue weighted by Crippen LogP contribution is -2.26. The van der Waals surface area contributed by atoms with Gasteiger partial charge in [-0.2, -0.15) is 0 Å². The molecule has 0 amide bonds. The summed E-state index contributed by atoms with van der Waals surface area (Å²) in [6, 6.07) is 4.54. The number of phenols is 1. The van der Waals surface area contributed by atoms with Crippen LogP contribution in [-0.2, 0) is 11.2 Å². The Morgan fingerprint density at radius 1 is 1.47 bits per heavy atom. The Kier molecular flexibility index (Phi) is 3.76. The number of carbonyl (C=O) groups is 1. The van der Waals surface area contributed by atoms with E-state index in [2.05, 4.69) is 0 Å². The van der Waals surface area contributed by atoms with Gasteiger partial charge in [-0.25, -0.2) is 4.39 Å². The molecule has 0 saturated carbocycles. The van der Waals surface area contributed by atoms with Crippen molar-refractivity contribution < 1.29 is 19.4 Å². The standard InChI is InChI=1S/C13H17FO3/c1-8(14)10-6-9(4-5-11(10)15)7-13(2,3)12(16)17/h4-6,8,15H,7H2,1-3H3,(H,16,17). The zero-order chi connectivity index (χ0) is 13.2. The lowest BCUT2D eigenvalue weighted by molar-refractivity contribution is -0.146. The third-order valence-corrected chi connectivity index (χ3v) is 2.75. The third-order valence-electron chi connectivity index (χ3n) is 2.75. The van der Waals surface area contributed by atoms with Gasteiger partial charge in [0.15, 0.2) is 0 Å². The van der Waals surface area contributed by atoms with E-state index < -0.39 is 17.6 Å². The van der Waals surface area contributed by atoms with Crippen LogP contribution < -0.4 is 0 Å². The number of hydrogen-bond donors (Lipinski definition) is 2. The maximum atomic E-state index is 13.2. The second-order valence-electron chi connectivity index (χ2n) is 4.87.